The lowest BCUT2D eigenvalue weighted by atomic mass is 10.2. The summed E-state index contributed by atoms with van der Waals surface area (Å²) in [6.45, 7) is 0. The molecule has 0 radical (unpaired) electrons. The van der Waals surface area contributed by atoms with Gasteiger partial charge in [0, 0.05) is 12.3 Å². The smallest absolute Gasteiger partial charge is 0.391 e. The molecule has 118 valence electrons. The van der Waals surface area contributed by atoms with Crippen molar-refractivity contribution in [1.29, 1.82) is 0 Å². The van der Waals surface area contributed by atoms with E-state index in [1.165, 1.54) is 18.0 Å². The van der Waals surface area contributed by atoms with Gasteiger partial charge in [-0.15, -0.1) is 0 Å². The Bertz CT molecular complexity index is 617. The fourth-order valence-electron chi connectivity index (χ4n) is 1.32. The van der Waals surface area contributed by atoms with E-state index in [0.29, 0.717) is 0 Å². The van der Waals surface area contributed by atoms with Gasteiger partial charge in [-0.05, 0) is 0 Å². The average Bonchev–Trinajstić information content (AvgIpc) is 2.36. The minimum absolute atomic E-state index is 0.0561. The highest BCUT2D eigenvalue weighted by Crippen LogP contribution is 2.23. The van der Waals surface area contributed by atoms with Crippen LogP contribution in [0.2, 0.25) is 0 Å². The van der Waals surface area contributed by atoms with Gasteiger partial charge in [0.25, 0.3) is 0 Å². The number of alkyl halides is 3. The molecule has 1 aromatic rings. The van der Waals surface area contributed by atoms with Crippen LogP contribution in [0.3, 0.4) is 0 Å². The highest BCUT2D eigenvalue weighted by Gasteiger charge is 2.37. The van der Waals surface area contributed by atoms with Crippen LogP contribution in [0.5, 0.6) is 5.75 Å². The minimum atomic E-state index is -4.84. The maximum Gasteiger partial charge on any atom is 0.391 e. The monoisotopic (exact) mass is 328 g/mol. The summed E-state index contributed by atoms with van der Waals surface area (Å²) in [5, 5.41) is 8.68. The van der Waals surface area contributed by atoms with Crippen molar-refractivity contribution in [3.05, 3.63) is 18.5 Å². The lowest BCUT2D eigenvalue weighted by Crippen LogP contribution is -2.43. The number of carboxylic acids is 1. The third-order valence-corrected chi connectivity index (χ3v) is 3.70. The second-order valence-corrected chi connectivity index (χ2v) is 5.61. The summed E-state index contributed by atoms with van der Waals surface area (Å²) in [7, 11) is -3.24. The normalized spacial score (nSPS) is 13.7. The van der Waals surface area contributed by atoms with Crippen LogP contribution in [0.1, 0.15) is 6.42 Å². The number of rotatable bonds is 6. The van der Waals surface area contributed by atoms with Crippen molar-refractivity contribution in [2.45, 2.75) is 23.5 Å². The third-order valence-electron chi connectivity index (χ3n) is 2.27. The topological polar surface area (TPSA) is 106 Å². The number of sulfonamides is 1. The first-order valence-electron chi connectivity index (χ1n) is 5.36. The molecule has 1 heterocycles. The number of hydrogen-bond acceptors (Lipinski definition) is 5. The van der Waals surface area contributed by atoms with Crippen LogP contribution < -0.4 is 9.46 Å². The second-order valence-electron chi connectivity index (χ2n) is 3.89. The Morgan fingerprint density at radius 2 is 2.10 bits per heavy atom. The Balaban J connectivity index is 3.03. The molecule has 0 aliphatic carbocycles. The van der Waals surface area contributed by atoms with E-state index >= 15 is 0 Å². The van der Waals surface area contributed by atoms with E-state index in [-0.39, 0.29) is 5.75 Å². The molecule has 0 saturated carbocycles. The van der Waals surface area contributed by atoms with Crippen LogP contribution >= 0.6 is 0 Å². The van der Waals surface area contributed by atoms with Crippen molar-refractivity contribution in [3.8, 4) is 5.75 Å². The first-order valence-corrected chi connectivity index (χ1v) is 6.84. The van der Waals surface area contributed by atoms with Gasteiger partial charge in [-0.3, -0.25) is 9.78 Å². The van der Waals surface area contributed by atoms with Gasteiger partial charge in [0.05, 0.1) is 19.7 Å². The number of nitrogens with one attached hydrogen (secondary N) is 1. The first kappa shape index (κ1) is 17.2. The van der Waals surface area contributed by atoms with Crippen LogP contribution in [0, 0.1) is 0 Å². The van der Waals surface area contributed by atoms with E-state index in [1.54, 1.807) is 0 Å². The predicted octanol–water partition coefficient (Wildman–Crippen LogP) is 0.774. The van der Waals surface area contributed by atoms with Gasteiger partial charge in [0.1, 0.15) is 16.7 Å². The van der Waals surface area contributed by atoms with Crippen LogP contribution in [0.25, 0.3) is 0 Å². The average molecular weight is 328 g/mol. The van der Waals surface area contributed by atoms with E-state index in [1.807, 2.05) is 0 Å². The summed E-state index contributed by atoms with van der Waals surface area (Å²) < 4.78 is 66.6. The number of halogens is 3. The van der Waals surface area contributed by atoms with Crippen LogP contribution in [-0.4, -0.2) is 43.8 Å². The van der Waals surface area contributed by atoms with Gasteiger partial charge in [-0.2, -0.15) is 17.9 Å². The SMILES string of the molecule is COc1cncc(S(=O)(=O)NC(CC(F)(F)F)C(=O)O)c1. The second kappa shape index (κ2) is 6.26. The number of carbonyl (C=O) groups is 1. The van der Waals surface area contributed by atoms with Crippen molar-refractivity contribution in [2.24, 2.45) is 0 Å². The quantitative estimate of drug-likeness (QED) is 0.799. The molecule has 0 amide bonds. The molecule has 1 atom stereocenters. The maximum atomic E-state index is 12.2. The third kappa shape index (κ3) is 5.19. The minimum Gasteiger partial charge on any atom is -0.495 e. The molecule has 0 aliphatic heterocycles. The molecule has 1 rings (SSSR count). The van der Waals surface area contributed by atoms with E-state index in [0.717, 1.165) is 12.3 Å². The molecule has 1 unspecified atom stereocenters. The van der Waals surface area contributed by atoms with Crippen LogP contribution in [0.15, 0.2) is 23.4 Å². The molecule has 0 saturated heterocycles. The predicted molar refractivity (Wildman–Crippen MR) is 63.2 cm³/mol. The van der Waals surface area contributed by atoms with Gasteiger partial charge >= 0.3 is 12.1 Å². The Hall–Kier alpha value is -1.88. The number of aliphatic carboxylic acids is 1. The lowest BCUT2D eigenvalue weighted by Gasteiger charge is -2.16. The molecule has 7 nitrogen and oxygen atoms in total. The molecular formula is C10H11F3N2O5S. The zero-order valence-corrected chi connectivity index (χ0v) is 11.4. The van der Waals surface area contributed by atoms with Crippen molar-refractivity contribution in [1.82, 2.24) is 9.71 Å². The fraction of sp³-hybridized carbons (Fsp3) is 0.400. The summed E-state index contributed by atoms with van der Waals surface area (Å²) in [5.74, 6) is -1.88. The molecular weight excluding hydrogens is 317 g/mol. The molecule has 21 heavy (non-hydrogen) atoms. The number of aromatic nitrogens is 1. The molecule has 0 spiro atoms. The van der Waals surface area contributed by atoms with Crippen molar-refractivity contribution in [2.75, 3.05) is 7.11 Å². The van der Waals surface area contributed by atoms with Gasteiger partial charge in [0.15, 0.2) is 0 Å². The molecule has 0 fully saturated rings. The molecule has 0 aromatic carbocycles. The maximum absolute atomic E-state index is 12.2. The van der Waals surface area contributed by atoms with Gasteiger partial charge in [0.2, 0.25) is 10.0 Å². The molecule has 0 bridgehead atoms. The summed E-state index contributed by atoms with van der Waals surface area (Å²) in [6.07, 6.45) is -4.63. The summed E-state index contributed by atoms with van der Waals surface area (Å²) >= 11 is 0. The fourth-order valence-corrected chi connectivity index (χ4v) is 2.49. The highest BCUT2D eigenvalue weighted by atomic mass is 32.2. The molecule has 2 N–H and O–H groups in total. The zero-order valence-electron chi connectivity index (χ0n) is 10.6. The van der Waals surface area contributed by atoms with E-state index in [9.17, 15) is 26.4 Å². The van der Waals surface area contributed by atoms with Crippen molar-refractivity contribution >= 4 is 16.0 Å². The molecule has 11 heteroatoms. The summed E-state index contributed by atoms with van der Waals surface area (Å²) in [4.78, 5) is 13.8. The van der Waals surface area contributed by atoms with Crippen molar-refractivity contribution < 1.29 is 36.2 Å². The Morgan fingerprint density at radius 1 is 1.48 bits per heavy atom. The highest BCUT2D eigenvalue weighted by molar-refractivity contribution is 7.89. The molecule has 1 aromatic heterocycles. The van der Waals surface area contributed by atoms with Crippen LogP contribution in [-0.2, 0) is 14.8 Å². The van der Waals surface area contributed by atoms with Gasteiger partial charge < -0.3 is 9.84 Å². The zero-order chi connectivity index (χ0) is 16.3. The van der Waals surface area contributed by atoms with Crippen LogP contribution in [0.4, 0.5) is 13.2 Å². The van der Waals surface area contributed by atoms with Gasteiger partial charge in [-0.1, -0.05) is 0 Å². The van der Waals surface area contributed by atoms with E-state index in [2.05, 4.69) is 4.98 Å². The van der Waals surface area contributed by atoms with Crippen molar-refractivity contribution in [3.63, 3.8) is 0 Å². The Morgan fingerprint density at radius 3 is 2.57 bits per heavy atom. The Labute approximate surface area is 117 Å². The first-order chi connectivity index (χ1) is 9.55. The summed E-state index contributed by atoms with van der Waals surface area (Å²) in [5.41, 5.74) is 0. The lowest BCUT2D eigenvalue weighted by molar-refractivity contribution is -0.157. The molecule has 0 aliphatic rings. The number of nitrogens with zero attached hydrogens (tertiary/aromatic N) is 1. The van der Waals surface area contributed by atoms with E-state index < -0.39 is 39.5 Å². The number of ether oxygens (including phenoxy) is 1. The number of pyridine rings is 1. The number of methoxy groups -OCH3 is 1. The standard InChI is InChI=1S/C10H11F3N2O5S/c1-20-6-2-7(5-14-4-6)21(18,19)15-8(9(16)17)3-10(11,12)13/h2,4-5,8,15H,3H2,1H3,(H,16,17). The van der Waals surface area contributed by atoms with E-state index in [4.69, 9.17) is 9.84 Å². The largest absolute Gasteiger partial charge is 0.495 e. The number of carboxylic acid groups (broad SMARTS) is 1. The summed E-state index contributed by atoms with van der Waals surface area (Å²) in [6, 6.07) is -1.33. The number of hydrogen-bond donors (Lipinski definition) is 2. The van der Waals surface area contributed by atoms with Gasteiger partial charge in [-0.25, -0.2) is 8.42 Å². The Kier molecular flexibility index (Phi) is 5.12.